The van der Waals surface area contributed by atoms with E-state index in [-0.39, 0.29) is 23.5 Å². The standard InChI is InChI=1S/C19H23FN2O2/c20-17-8-4-5-15(13-17)14-22-12-11-21(10-9-18(22)23)19(24)16-6-2-1-3-7-16/h1-2,4-5,8,13,16H,3,6-7,9-12,14H2. The summed E-state index contributed by atoms with van der Waals surface area (Å²) in [6.45, 7) is 1.94. The number of hydrogen-bond donors (Lipinski definition) is 0. The molecule has 0 saturated carbocycles. The minimum Gasteiger partial charge on any atom is -0.340 e. The maximum absolute atomic E-state index is 13.3. The summed E-state index contributed by atoms with van der Waals surface area (Å²) in [6.07, 6.45) is 7.18. The molecule has 1 unspecified atom stereocenters. The van der Waals surface area contributed by atoms with Crippen LogP contribution in [0.2, 0.25) is 0 Å². The lowest BCUT2D eigenvalue weighted by molar-refractivity contribution is -0.135. The predicted molar refractivity (Wildman–Crippen MR) is 89.5 cm³/mol. The fourth-order valence-electron chi connectivity index (χ4n) is 3.39. The number of hydrogen-bond acceptors (Lipinski definition) is 2. The highest BCUT2D eigenvalue weighted by molar-refractivity contribution is 5.82. The number of halogens is 1. The van der Waals surface area contributed by atoms with Crippen LogP contribution in [0.4, 0.5) is 4.39 Å². The predicted octanol–water partition coefficient (Wildman–Crippen LogP) is 2.74. The summed E-state index contributed by atoms with van der Waals surface area (Å²) in [5.41, 5.74) is 0.778. The summed E-state index contributed by atoms with van der Waals surface area (Å²) in [4.78, 5) is 28.5. The van der Waals surface area contributed by atoms with Crippen molar-refractivity contribution < 1.29 is 14.0 Å². The van der Waals surface area contributed by atoms with E-state index >= 15 is 0 Å². The molecule has 1 aliphatic carbocycles. The summed E-state index contributed by atoms with van der Waals surface area (Å²) in [5.74, 6) is -0.0466. The van der Waals surface area contributed by atoms with E-state index in [2.05, 4.69) is 12.2 Å². The van der Waals surface area contributed by atoms with E-state index in [1.807, 2.05) is 11.0 Å². The molecule has 2 amide bonds. The monoisotopic (exact) mass is 330 g/mol. The summed E-state index contributed by atoms with van der Waals surface area (Å²) in [7, 11) is 0. The van der Waals surface area contributed by atoms with Gasteiger partial charge in [-0.2, -0.15) is 0 Å². The molecule has 0 radical (unpaired) electrons. The van der Waals surface area contributed by atoms with Gasteiger partial charge in [0, 0.05) is 38.5 Å². The first-order valence-corrected chi connectivity index (χ1v) is 8.59. The fourth-order valence-corrected chi connectivity index (χ4v) is 3.39. The normalized spacial score (nSPS) is 21.7. The number of carbonyl (C=O) groups is 2. The summed E-state index contributed by atoms with van der Waals surface area (Å²) in [6, 6.07) is 6.32. The van der Waals surface area contributed by atoms with Crippen LogP contribution in [0, 0.1) is 11.7 Å². The van der Waals surface area contributed by atoms with Crippen molar-refractivity contribution in [2.45, 2.75) is 32.2 Å². The zero-order valence-electron chi connectivity index (χ0n) is 13.8. The van der Waals surface area contributed by atoms with Crippen molar-refractivity contribution in [3.8, 4) is 0 Å². The first kappa shape index (κ1) is 16.7. The SMILES string of the molecule is O=C1CCN(C(=O)C2CC=CCC2)CCN1Cc1cccc(F)c1. The summed E-state index contributed by atoms with van der Waals surface area (Å²) in [5, 5.41) is 0. The third-order valence-corrected chi connectivity index (χ3v) is 4.78. The molecule has 1 aliphatic heterocycles. The van der Waals surface area contributed by atoms with E-state index < -0.39 is 0 Å². The lowest BCUT2D eigenvalue weighted by atomic mass is 9.93. The van der Waals surface area contributed by atoms with Crippen molar-refractivity contribution in [1.29, 1.82) is 0 Å². The number of nitrogens with zero attached hydrogens (tertiary/aromatic N) is 2. The van der Waals surface area contributed by atoms with Crippen LogP contribution >= 0.6 is 0 Å². The van der Waals surface area contributed by atoms with Crippen molar-refractivity contribution in [2.75, 3.05) is 19.6 Å². The van der Waals surface area contributed by atoms with E-state index in [4.69, 9.17) is 0 Å². The average molecular weight is 330 g/mol. The highest BCUT2D eigenvalue weighted by Gasteiger charge is 2.28. The van der Waals surface area contributed by atoms with Crippen molar-refractivity contribution in [3.63, 3.8) is 0 Å². The topological polar surface area (TPSA) is 40.6 Å². The molecule has 1 aromatic carbocycles. The van der Waals surface area contributed by atoms with Crippen LogP contribution in [0.25, 0.3) is 0 Å². The second-order valence-corrected chi connectivity index (χ2v) is 6.50. The molecule has 1 heterocycles. The molecule has 128 valence electrons. The van der Waals surface area contributed by atoms with Gasteiger partial charge >= 0.3 is 0 Å². The van der Waals surface area contributed by atoms with Crippen molar-refractivity contribution >= 4 is 11.8 Å². The Morgan fingerprint density at radius 2 is 2.08 bits per heavy atom. The maximum Gasteiger partial charge on any atom is 0.226 e. The van der Waals surface area contributed by atoms with Gasteiger partial charge in [0.25, 0.3) is 0 Å². The smallest absolute Gasteiger partial charge is 0.226 e. The van der Waals surface area contributed by atoms with Gasteiger partial charge in [0.2, 0.25) is 11.8 Å². The highest BCUT2D eigenvalue weighted by Crippen LogP contribution is 2.22. The van der Waals surface area contributed by atoms with Gasteiger partial charge in [0.1, 0.15) is 5.82 Å². The van der Waals surface area contributed by atoms with Crippen LogP contribution in [-0.2, 0) is 16.1 Å². The molecule has 5 heteroatoms. The zero-order valence-corrected chi connectivity index (χ0v) is 13.8. The molecule has 4 nitrogen and oxygen atoms in total. The molecule has 0 N–H and O–H groups in total. The molecule has 3 rings (SSSR count). The largest absolute Gasteiger partial charge is 0.340 e. The quantitative estimate of drug-likeness (QED) is 0.800. The van der Waals surface area contributed by atoms with Crippen molar-refractivity contribution in [1.82, 2.24) is 9.80 Å². The van der Waals surface area contributed by atoms with E-state index in [0.717, 1.165) is 24.8 Å². The first-order chi connectivity index (χ1) is 11.6. The lowest BCUT2D eigenvalue weighted by Gasteiger charge is -2.27. The Balaban J connectivity index is 1.61. The van der Waals surface area contributed by atoms with Crippen molar-refractivity contribution in [3.05, 3.63) is 47.8 Å². The van der Waals surface area contributed by atoms with Gasteiger partial charge in [-0.25, -0.2) is 4.39 Å². The zero-order chi connectivity index (χ0) is 16.9. The Morgan fingerprint density at radius 3 is 2.83 bits per heavy atom. The van der Waals surface area contributed by atoms with E-state index in [1.165, 1.54) is 12.1 Å². The summed E-state index contributed by atoms with van der Waals surface area (Å²) >= 11 is 0. The Labute approximate surface area is 141 Å². The van der Waals surface area contributed by atoms with Crippen LogP contribution in [0.5, 0.6) is 0 Å². The molecule has 1 aromatic rings. The minimum absolute atomic E-state index is 0.0260. The molecule has 2 aliphatic rings. The second kappa shape index (κ2) is 7.60. The first-order valence-electron chi connectivity index (χ1n) is 8.59. The fraction of sp³-hybridized carbons (Fsp3) is 0.474. The Bertz CT molecular complexity index is 644. The minimum atomic E-state index is -0.295. The van der Waals surface area contributed by atoms with Gasteiger partial charge < -0.3 is 9.80 Å². The van der Waals surface area contributed by atoms with Gasteiger partial charge in [-0.05, 0) is 37.0 Å². The van der Waals surface area contributed by atoms with Gasteiger partial charge in [-0.1, -0.05) is 24.3 Å². The van der Waals surface area contributed by atoms with E-state index in [1.54, 1.807) is 11.0 Å². The Hall–Kier alpha value is -2.17. The van der Waals surface area contributed by atoms with Gasteiger partial charge in [0.15, 0.2) is 0 Å². The van der Waals surface area contributed by atoms with Crippen molar-refractivity contribution in [2.24, 2.45) is 5.92 Å². The average Bonchev–Trinajstić information content (AvgIpc) is 2.78. The second-order valence-electron chi connectivity index (χ2n) is 6.50. The molecular formula is C19H23FN2O2. The maximum atomic E-state index is 13.3. The molecule has 0 spiro atoms. The van der Waals surface area contributed by atoms with Crippen LogP contribution in [0.3, 0.4) is 0 Å². The number of rotatable bonds is 3. The van der Waals surface area contributed by atoms with Crippen LogP contribution in [0.15, 0.2) is 36.4 Å². The van der Waals surface area contributed by atoms with Crippen LogP contribution in [-0.4, -0.2) is 41.2 Å². The van der Waals surface area contributed by atoms with Crippen LogP contribution < -0.4 is 0 Å². The van der Waals surface area contributed by atoms with Gasteiger partial charge in [-0.3, -0.25) is 9.59 Å². The lowest BCUT2D eigenvalue weighted by Crippen LogP contribution is -2.39. The van der Waals surface area contributed by atoms with Gasteiger partial charge in [-0.15, -0.1) is 0 Å². The molecule has 24 heavy (non-hydrogen) atoms. The molecule has 1 atom stereocenters. The van der Waals surface area contributed by atoms with Gasteiger partial charge in [0.05, 0.1) is 0 Å². The highest BCUT2D eigenvalue weighted by atomic mass is 19.1. The van der Waals surface area contributed by atoms with Crippen LogP contribution in [0.1, 0.15) is 31.2 Å². The van der Waals surface area contributed by atoms with E-state index in [0.29, 0.717) is 32.6 Å². The van der Waals surface area contributed by atoms with E-state index in [9.17, 15) is 14.0 Å². The third kappa shape index (κ3) is 4.02. The third-order valence-electron chi connectivity index (χ3n) is 4.78. The number of allylic oxidation sites excluding steroid dienone is 2. The Morgan fingerprint density at radius 1 is 1.21 bits per heavy atom. The number of carbonyl (C=O) groups excluding carboxylic acids is 2. The number of amides is 2. The molecule has 1 fully saturated rings. The molecule has 0 bridgehead atoms. The molecular weight excluding hydrogens is 307 g/mol. The number of benzene rings is 1. The molecule has 1 saturated heterocycles. The Kier molecular flexibility index (Phi) is 5.28. The molecule has 0 aromatic heterocycles. The summed E-state index contributed by atoms with van der Waals surface area (Å²) < 4.78 is 13.3.